The smallest absolute Gasteiger partial charge is 0.243 e. The molecule has 3 rings (SSSR count). The summed E-state index contributed by atoms with van der Waals surface area (Å²) in [6.07, 6.45) is 0. The normalized spacial score (nSPS) is 11.6. The highest BCUT2D eigenvalue weighted by Crippen LogP contribution is 2.22. The molecule has 0 spiro atoms. The third kappa shape index (κ3) is 5.10. The molecule has 0 aromatic heterocycles. The second kappa shape index (κ2) is 9.49. The van der Waals surface area contributed by atoms with Crippen LogP contribution in [0.2, 0.25) is 0 Å². The highest BCUT2D eigenvalue weighted by atomic mass is 32.2. The Morgan fingerprint density at radius 3 is 1.72 bits per heavy atom. The van der Waals surface area contributed by atoms with Crippen LogP contribution in [-0.2, 0) is 14.8 Å². The van der Waals surface area contributed by atoms with Crippen molar-refractivity contribution in [2.45, 2.75) is 17.9 Å². The van der Waals surface area contributed by atoms with Gasteiger partial charge in [-0.25, -0.2) is 8.42 Å². The Morgan fingerprint density at radius 1 is 0.828 bits per heavy atom. The van der Waals surface area contributed by atoms with Gasteiger partial charge in [-0.1, -0.05) is 85.8 Å². The molecule has 3 aromatic rings. The fourth-order valence-corrected chi connectivity index (χ4v) is 4.55. The van der Waals surface area contributed by atoms with Crippen LogP contribution in [-0.4, -0.2) is 31.7 Å². The lowest BCUT2D eigenvalue weighted by Crippen LogP contribution is -2.41. The molecule has 1 amide bonds. The molecule has 0 aliphatic carbocycles. The van der Waals surface area contributed by atoms with Crippen molar-refractivity contribution in [3.05, 3.63) is 102 Å². The van der Waals surface area contributed by atoms with E-state index in [-0.39, 0.29) is 29.9 Å². The maximum Gasteiger partial charge on any atom is 0.243 e. The van der Waals surface area contributed by atoms with Crippen LogP contribution in [0.3, 0.4) is 0 Å². The number of amides is 1. The lowest BCUT2D eigenvalue weighted by molar-refractivity contribution is -0.121. The first kappa shape index (κ1) is 20.8. The number of carbonyl (C=O) groups excluding carboxylic acids is 1. The summed E-state index contributed by atoms with van der Waals surface area (Å²) in [7, 11) is -3.74. The van der Waals surface area contributed by atoms with Gasteiger partial charge in [-0.15, -0.1) is 0 Å². The summed E-state index contributed by atoms with van der Waals surface area (Å²) in [5.74, 6) is -0.357. The van der Waals surface area contributed by atoms with E-state index >= 15 is 0 Å². The zero-order chi connectivity index (χ0) is 20.7. The standard InChI is InChI=1S/C23H24N2O3S/c1-2-25(29(27,28)21-16-10-5-11-17-21)18-22(26)24-23(19-12-6-3-7-13-19)20-14-8-4-9-15-20/h3-17,23H,2,18H2,1H3,(H,24,26). The summed E-state index contributed by atoms with van der Waals surface area (Å²) in [6, 6.07) is 27.0. The lowest BCUT2D eigenvalue weighted by atomic mass is 9.99. The molecular weight excluding hydrogens is 384 g/mol. The number of hydrogen-bond acceptors (Lipinski definition) is 3. The second-order valence-corrected chi connectivity index (χ2v) is 8.50. The maximum absolute atomic E-state index is 12.9. The molecule has 0 bridgehead atoms. The molecule has 0 saturated heterocycles. The third-order valence-corrected chi connectivity index (χ3v) is 6.56. The van der Waals surface area contributed by atoms with E-state index in [1.807, 2.05) is 60.7 Å². The van der Waals surface area contributed by atoms with Gasteiger partial charge in [0.1, 0.15) is 0 Å². The molecule has 0 saturated carbocycles. The largest absolute Gasteiger partial charge is 0.344 e. The highest BCUT2D eigenvalue weighted by molar-refractivity contribution is 7.89. The number of carbonyl (C=O) groups is 1. The van der Waals surface area contributed by atoms with Crippen LogP contribution in [0.5, 0.6) is 0 Å². The van der Waals surface area contributed by atoms with Crippen molar-refractivity contribution < 1.29 is 13.2 Å². The number of likely N-dealkylation sites (N-methyl/N-ethyl adjacent to an activating group) is 1. The van der Waals surface area contributed by atoms with Crippen LogP contribution in [0.4, 0.5) is 0 Å². The van der Waals surface area contributed by atoms with Gasteiger partial charge in [-0.05, 0) is 23.3 Å². The molecule has 29 heavy (non-hydrogen) atoms. The van der Waals surface area contributed by atoms with Crippen LogP contribution in [0, 0.1) is 0 Å². The van der Waals surface area contributed by atoms with Gasteiger partial charge in [0, 0.05) is 6.54 Å². The van der Waals surface area contributed by atoms with E-state index < -0.39 is 10.0 Å². The molecule has 6 heteroatoms. The number of nitrogens with zero attached hydrogens (tertiary/aromatic N) is 1. The monoisotopic (exact) mass is 408 g/mol. The lowest BCUT2D eigenvalue weighted by Gasteiger charge is -2.23. The summed E-state index contributed by atoms with van der Waals surface area (Å²) >= 11 is 0. The molecular formula is C23H24N2O3S. The fourth-order valence-electron chi connectivity index (χ4n) is 3.13. The molecule has 5 nitrogen and oxygen atoms in total. The van der Waals surface area contributed by atoms with Crippen LogP contribution in [0.1, 0.15) is 24.1 Å². The molecule has 0 heterocycles. The zero-order valence-corrected chi connectivity index (χ0v) is 17.0. The van der Waals surface area contributed by atoms with Crippen LogP contribution < -0.4 is 5.32 Å². The minimum Gasteiger partial charge on any atom is -0.344 e. The van der Waals surface area contributed by atoms with Gasteiger partial charge in [-0.2, -0.15) is 4.31 Å². The van der Waals surface area contributed by atoms with E-state index in [0.717, 1.165) is 11.1 Å². The Kier molecular flexibility index (Phi) is 6.80. The Morgan fingerprint density at radius 2 is 1.28 bits per heavy atom. The molecule has 3 aromatic carbocycles. The van der Waals surface area contributed by atoms with E-state index in [1.54, 1.807) is 25.1 Å². The minimum absolute atomic E-state index is 0.178. The van der Waals surface area contributed by atoms with Crippen molar-refractivity contribution in [1.29, 1.82) is 0 Å². The third-order valence-electron chi connectivity index (χ3n) is 4.62. The first-order valence-corrected chi connectivity index (χ1v) is 10.9. The summed E-state index contributed by atoms with van der Waals surface area (Å²) in [5.41, 5.74) is 1.86. The van der Waals surface area contributed by atoms with Crippen LogP contribution in [0.15, 0.2) is 95.9 Å². The molecule has 1 N–H and O–H groups in total. The first-order chi connectivity index (χ1) is 14.0. The van der Waals surface area contributed by atoms with Crippen molar-refractivity contribution >= 4 is 15.9 Å². The average Bonchev–Trinajstić information content (AvgIpc) is 2.77. The SMILES string of the molecule is CCN(CC(=O)NC(c1ccccc1)c1ccccc1)S(=O)(=O)c1ccccc1. The van der Waals surface area contributed by atoms with Gasteiger partial charge in [-0.3, -0.25) is 4.79 Å². The number of hydrogen-bond donors (Lipinski definition) is 1. The van der Waals surface area contributed by atoms with E-state index in [9.17, 15) is 13.2 Å². The van der Waals surface area contributed by atoms with Crippen molar-refractivity contribution in [3.63, 3.8) is 0 Å². The summed E-state index contributed by atoms with van der Waals surface area (Å²) in [6.45, 7) is 1.68. The topological polar surface area (TPSA) is 66.5 Å². The van der Waals surface area contributed by atoms with Gasteiger partial charge in [0.25, 0.3) is 0 Å². The van der Waals surface area contributed by atoms with E-state index in [0.29, 0.717) is 0 Å². The Hall–Kier alpha value is -2.96. The molecule has 0 fully saturated rings. The Balaban J connectivity index is 1.81. The van der Waals surface area contributed by atoms with Crippen molar-refractivity contribution in [2.75, 3.05) is 13.1 Å². The molecule has 0 aliphatic heterocycles. The predicted octanol–water partition coefficient (Wildman–Crippen LogP) is 3.60. The molecule has 150 valence electrons. The zero-order valence-electron chi connectivity index (χ0n) is 16.2. The predicted molar refractivity (Wildman–Crippen MR) is 114 cm³/mol. The minimum atomic E-state index is -3.74. The van der Waals surface area contributed by atoms with Crippen molar-refractivity contribution in [3.8, 4) is 0 Å². The van der Waals surface area contributed by atoms with Gasteiger partial charge < -0.3 is 5.32 Å². The van der Waals surface area contributed by atoms with Gasteiger partial charge in [0.15, 0.2) is 0 Å². The van der Waals surface area contributed by atoms with E-state index in [4.69, 9.17) is 0 Å². The Labute approximate surface area is 172 Å². The fraction of sp³-hybridized carbons (Fsp3) is 0.174. The highest BCUT2D eigenvalue weighted by Gasteiger charge is 2.26. The number of sulfonamides is 1. The Bertz CT molecular complexity index is 984. The van der Waals surface area contributed by atoms with Gasteiger partial charge >= 0.3 is 0 Å². The number of benzene rings is 3. The molecule has 0 unspecified atom stereocenters. The summed E-state index contributed by atoms with van der Waals surface area (Å²) < 4.78 is 26.9. The summed E-state index contributed by atoms with van der Waals surface area (Å²) in [5, 5.41) is 2.99. The average molecular weight is 409 g/mol. The quantitative estimate of drug-likeness (QED) is 0.619. The van der Waals surface area contributed by atoms with E-state index in [1.165, 1.54) is 16.4 Å². The van der Waals surface area contributed by atoms with Crippen LogP contribution in [0.25, 0.3) is 0 Å². The van der Waals surface area contributed by atoms with Gasteiger partial charge in [0.05, 0.1) is 17.5 Å². The second-order valence-electron chi connectivity index (χ2n) is 6.57. The molecule has 0 aliphatic rings. The van der Waals surface area contributed by atoms with E-state index in [2.05, 4.69) is 5.32 Å². The number of nitrogens with one attached hydrogen (secondary N) is 1. The van der Waals surface area contributed by atoms with Gasteiger partial charge in [0.2, 0.25) is 15.9 Å². The van der Waals surface area contributed by atoms with Crippen LogP contribution >= 0.6 is 0 Å². The maximum atomic E-state index is 12.9. The number of rotatable bonds is 8. The first-order valence-electron chi connectivity index (χ1n) is 9.47. The molecule has 0 atom stereocenters. The van der Waals surface area contributed by atoms with Crippen molar-refractivity contribution in [2.24, 2.45) is 0 Å². The molecule has 0 radical (unpaired) electrons. The summed E-state index contributed by atoms with van der Waals surface area (Å²) in [4.78, 5) is 13.0. The van der Waals surface area contributed by atoms with Crippen molar-refractivity contribution in [1.82, 2.24) is 9.62 Å².